The molecule has 0 bridgehead atoms. The van der Waals surface area contributed by atoms with Gasteiger partial charge >= 0.3 is 5.97 Å². The predicted octanol–water partition coefficient (Wildman–Crippen LogP) is 3.67. The van der Waals surface area contributed by atoms with Gasteiger partial charge in [0.25, 0.3) is 0 Å². The van der Waals surface area contributed by atoms with Gasteiger partial charge in [0.2, 0.25) is 5.91 Å². The van der Waals surface area contributed by atoms with Crippen molar-refractivity contribution in [2.75, 3.05) is 25.0 Å². The average molecular weight is 346 g/mol. The summed E-state index contributed by atoms with van der Waals surface area (Å²) in [5.41, 5.74) is 3.20. The van der Waals surface area contributed by atoms with Gasteiger partial charge < -0.3 is 10.4 Å². The highest BCUT2D eigenvalue weighted by molar-refractivity contribution is 5.93. The Morgan fingerprint density at radius 3 is 2.56 bits per heavy atom. The maximum atomic E-state index is 12.5. The first kappa shape index (κ1) is 19.4. The molecule has 0 aliphatic carbocycles. The van der Waals surface area contributed by atoms with E-state index in [-0.39, 0.29) is 18.4 Å². The van der Waals surface area contributed by atoms with E-state index in [0.29, 0.717) is 24.8 Å². The van der Waals surface area contributed by atoms with Crippen LogP contribution in [-0.2, 0) is 9.59 Å². The van der Waals surface area contributed by atoms with Crippen molar-refractivity contribution in [3.05, 3.63) is 29.3 Å². The number of nitrogens with one attached hydrogen (secondary N) is 1. The van der Waals surface area contributed by atoms with E-state index >= 15 is 0 Å². The van der Waals surface area contributed by atoms with Crippen molar-refractivity contribution in [1.29, 1.82) is 0 Å². The number of amides is 1. The number of hydrogen-bond acceptors (Lipinski definition) is 3. The number of aliphatic carboxylic acids is 1. The molecular formula is C20H30N2O3. The fourth-order valence-corrected chi connectivity index (χ4v) is 3.34. The number of rotatable bonds is 6. The molecule has 2 N–H and O–H groups in total. The summed E-state index contributed by atoms with van der Waals surface area (Å²) in [6, 6.07) is 6.28. The summed E-state index contributed by atoms with van der Waals surface area (Å²) in [5, 5.41) is 12.2. The maximum absolute atomic E-state index is 12.5. The van der Waals surface area contributed by atoms with Crippen LogP contribution in [0.5, 0.6) is 0 Å². The first-order chi connectivity index (χ1) is 11.8. The number of carboxylic acid groups (broad SMARTS) is 1. The van der Waals surface area contributed by atoms with Gasteiger partial charge in [-0.05, 0) is 48.4 Å². The first-order valence-electron chi connectivity index (χ1n) is 9.16. The average Bonchev–Trinajstić information content (AvgIpc) is 2.54. The lowest BCUT2D eigenvalue weighted by molar-refractivity contribution is -0.144. The SMILES string of the molecule is CC(C)c1ccc(C(C)C)c(NC(=O)CN2CCCC(C(=O)O)C2)c1. The van der Waals surface area contributed by atoms with Crippen LogP contribution in [0.2, 0.25) is 0 Å². The van der Waals surface area contributed by atoms with E-state index in [2.05, 4.69) is 51.2 Å². The molecule has 2 rings (SSSR count). The van der Waals surface area contributed by atoms with E-state index in [9.17, 15) is 14.7 Å². The van der Waals surface area contributed by atoms with Crippen LogP contribution in [-0.4, -0.2) is 41.5 Å². The number of piperidine rings is 1. The molecule has 0 saturated carbocycles. The van der Waals surface area contributed by atoms with Crippen LogP contribution >= 0.6 is 0 Å². The third-order valence-corrected chi connectivity index (χ3v) is 4.86. The third kappa shape index (κ3) is 5.30. The first-order valence-corrected chi connectivity index (χ1v) is 9.16. The lowest BCUT2D eigenvalue weighted by Crippen LogP contribution is -2.42. The van der Waals surface area contributed by atoms with E-state index < -0.39 is 5.97 Å². The normalized spacial score (nSPS) is 18.6. The molecule has 25 heavy (non-hydrogen) atoms. The number of hydrogen-bond donors (Lipinski definition) is 2. The summed E-state index contributed by atoms with van der Waals surface area (Å²) in [4.78, 5) is 25.6. The molecule has 5 heteroatoms. The van der Waals surface area contributed by atoms with Gasteiger partial charge in [-0.3, -0.25) is 14.5 Å². The molecule has 0 spiro atoms. The van der Waals surface area contributed by atoms with E-state index in [1.54, 1.807) is 0 Å². The Morgan fingerprint density at radius 2 is 1.96 bits per heavy atom. The van der Waals surface area contributed by atoms with Crippen molar-refractivity contribution in [2.45, 2.75) is 52.4 Å². The number of nitrogens with zero attached hydrogens (tertiary/aromatic N) is 1. The fraction of sp³-hybridized carbons (Fsp3) is 0.600. The monoisotopic (exact) mass is 346 g/mol. The molecule has 1 saturated heterocycles. The Balaban J connectivity index is 2.06. The molecule has 1 aliphatic heterocycles. The minimum absolute atomic E-state index is 0.0751. The topological polar surface area (TPSA) is 69.6 Å². The molecule has 0 radical (unpaired) electrons. The van der Waals surface area contributed by atoms with Gasteiger partial charge in [0.1, 0.15) is 0 Å². The number of carboxylic acids is 1. The van der Waals surface area contributed by atoms with Crippen LogP contribution in [0.25, 0.3) is 0 Å². The summed E-state index contributed by atoms with van der Waals surface area (Å²) < 4.78 is 0. The van der Waals surface area contributed by atoms with Crippen molar-refractivity contribution in [3.8, 4) is 0 Å². The number of anilines is 1. The Hall–Kier alpha value is -1.88. The van der Waals surface area contributed by atoms with Gasteiger partial charge in [0, 0.05) is 12.2 Å². The zero-order valence-corrected chi connectivity index (χ0v) is 15.7. The second kappa shape index (κ2) is 8.48. The highest BCUT2D eigenvalue weighted by Gasteiger charge is 2.26. The zero-order chi connectivity index (χ0) is 18.6. The van der Waals surface area contributed by atoms with E-state index in [1.165, 1.54) is 5.56 Å². The van der Waals surface area contributed by atoms with Gasteiger partial charge in [-0.1, -0.05) is 39.8 Å². The summed E-state index contributed by atoms with van der Waals surface area (Å²) in [5.74, 6) is -0.485. The second-order valence-corrected chi connectivity index (χ2v) is 7.62. The molecule has 1 amide bonds. The summed E-state index contributed by atoms with van der Waals surface area (Å²) in [6.45, 7) is 9.97. The van der Waals surface area contributed by atoms with Crippen LogP contribution in [0.15, 0.2) is 18.2 Å². The largest absolute Gasteiger partial charge is 0.481 e. The van der Waals surface area contributed by atoms with Crippen LogP contribution in [0.3, 0.4) is 0 Å². The van der Waals surface area contributed by atoms with Crippen molar-refractivity contribution < 1.29 is 14.7 Å². The Bertz CT molecular complexity index is 625. The van der Waals surface area contributed by atoms with E-state index in [1.807, 2.05) is 4.90 Å². The van der Waals surface area contributed by atoms with Crippen molar-refractivity contribution in [2.24, 2.45) is 5.92 Å². The number of carbonyl (C=O) groups excluding carboxylic acids is 1. The van der Waals surface area contributed by atoms with Crippen LogP contribution in [0.1, 0.15) is 63.5 Å². The predicted molar refractivity (Wildman–Crippen MR) is 100 cm³/mol. The summed E-state index contributed by atoms with van der Waals surface area (Å²) in [7, 11) is 0. The molecule has 1 unspecified atom stereocenters. The lowest BCUT2D eigenvalue weighted by Gasteiger charge is -2.30. The highest BCUT2D eigenvalue weighted by Crippen LogP contribution is 2.28. The van der Waals surface area contributed by atoms with Gasteiger partial charge in [0.05, 0.1) is 12.5 Å². The molecule has 5 nitrogen and oxygen atoms in total. The highest BCUT2D eigenvalue weighted by atomic mass is 16.4. The molecular weight excluding hydrogens is 316 g/mol. The minimum Gasteiger partial charge on any atom is -0.481 e. The Kier molecular flexibility index (Phi) is 6.59. The molecule has 138 valence electrons. The van der Waals surface area contributed by atoms with Gasteiger partial charge in [-0.15, -0.1) is 0 Å². The smallest absolute Gasteiger partial charge is 0.307 e. The zero-order valence-electron chi connectivity index (χ0n) is 15.7. The van der Waals surface area contributed by atoms with Crippen LogP contribution in [0, 0.1) is 5.92 Å². The van der Waals surface area contributed by atoms with Crippen LogP contribution < -0.4 is 5.32 Å². The van der Waals surface area contributed by atoms with Crippen molar-refractivity contribution >= 4 is 17.6 Å². The minimum atomic E-state index is -0.767. The number of likely N-dealkylation sites (tertiary alicyclic amines) is 1. The quantitative estimate of drug-likeness (QED) is 0.824. The summed E-state index contributed by atoms with van der Waals surface area (Å²) >= 11 is 0. The number of benzene rings is 1. The van der Waals surface area contributed by atoms with Crippen molar-refractivity contribution in [1.82, 2.24) is 4.90 Å². The molecule has 0 aromatic heterocycles. The Morgan fingerprint density at radius 1 is 1.24 bits per heavy atom. The van der Waals surface area contributed by atoms with Gasteiger partial charge in [-0.25, -0.2) is 0 Å². The van der Waals surface area contributed by atoms with E-state index in [0.717, 1.165) is 24.2 Å². The molecule has 1 fully saturated rings. The second-order valence-electron chi connectivity index (χ2n) is 7.62. The van der Waals surface area contributed by atoms with Gasteiger partial charge in [0.15, 0.2) is 0 Å². The molecule has 1 atom stereocenters. The maximum Gasteiger partial charge on any atom is 0.307 e. The molecule has 1 heterocycles. The molecule has 1 aliphatic rings. The molecule has 1 aromatic carbocycles. The fourth-order valence-electron chi connectivity index (χ4n) is 3.34. The van der Waals surface area contributed by atoms with Crippen LogP contribution in [0.4, 0.5) is 5.69 Å². The number of carbonyl (C=O) groups is 2. The van der Waals surface area contributed by atoms with Gasteiger partial charge in [-0.2, -0.15) is 0 Å². The molecule has 1 aromatic rings. The standard InChI is InChI=1S/C20H30N2O3/c1-13(2)15-7-8-17(14(3)4)18(10-15)21-19(23)12-22-9-5-6-16(11-22)20(24)25/h7-8,10,13-14,16H,5-6,9,11-12H2,1-4H3,(H,21,23)(H,24,25). The lowest BCUT2D eigenvalue weighted by atomic mass is 9.95. The van der Waals surface area contributed by atoms with Crippen molar-refractivity contribution in [3.63, 3.8) is 0 Å². The van der Waals surface area contributed by atoms with E-state index in [4.69, 9.17) is 0 Å². The summed E-state index contributed by atoms with van der Waals surface area (Å²) in [6.07, 6.45) is 1.52. The third-order valence-electron chi connectivity index (χ3n) is 4.86. The Labute approximate surface area is 150 Å².